The highest BCUT2D eigenvalue weighted by Gasteiger charge is 2.30. The minimum absolute atomic E-state index is 0.134. The van der Waals surface area contributed by atoms with E-state index in [4.69, 9.17) is 10.2 Å². The van der Waals surface area contributed by atoms with Crippen LogP contribution in [0, 0.1) is 5.92 Å². The van der Waals surface area contributed by atoms with Crippen LogP contribution >= 0.6 is 0 Å². The number of aliphatic hydroxyl groups is 2. The Kier molecular flexibility index (Phi) is 3.05. The van der Waals surface area contributed by atoms with Crippen LogP contribution < -0.4 is 5.32 Å². The summed E-state index contributed by atoms with van der Waals surface area (Å²) in [6.07, 6.45) is 2.63. The normalized spacial score (nSPS) is 37.5. The van der Waals surface area contributed by atoms with E-state index in [0.717, 1.165) is 6.42 Å². The van der Waals surface area contributed by atoms with Gasteiger partial charge in [0.05, 0.1) is 6.61 Å². The van der Waals surface area contributed by atoms with Crippen molar-refractivity contribution in [3.8, 4) is 0 Å². The second-order valence-corrected chi connectivity index (χ2v) is 2.99. The van der Waals surface area contributed by atoms with Crippen LogP contribution in [0.15, 0.2) is 12.7 Å². The molecule has 0 aromatic carbocycles. The minimum atomic E-state index is 0.134. The van der Waals surface area contributed by atoms with E-state index in [9.17, 15) is 0 Å². The maximum atomic E-state index is 8.91. The lowest BCUT2D eigenvalue weighted by molar-refractivity contribution is 0.217. The third kappa shape index (κ3) is 1.80. The third-order valence-corrected chi connectivity index (χ3v) is 2.23. The fraction of sp³-hybridized carbons (Fsp3) is 0.750. The molecule has 0 aromatic heterocycles. The molecule has 1 fully saturated rings. The smallest absolute Gasteiger partial charge is 0.0584 e. The van der Waals surface area contributed by atoms with E-state index < -0.39 is 0 Å². The van der Waals surface area contributed by atoms with Gasteiger partial charge in [0.25, 0.3) is 0 Å². The molecule has 1 rings (SSSR count). The zero-order valence-electron chi connectivity index (χ0n) is 6.53. The van der Waals surface area contributed by atoms with E-state index in [2.05, 4.69) is 11.9 Å². The first-order valence-electron chi connectivity index (χ1n) is 3.92. The van der Waals surface area contributed by atoms with Gasteiger partial charge < -0.3 is 15.5 Å². The summed E-state index contributed by atoms with van der Waals surface area (Å²) >= 11 is 0. The predicted octanol–water partition coefficient (Wildman–Crippen LogP) is -0.496. The van der Waals surface area contributed by atoms with E-state index in [0.29, 0.717) is 0 Å². The summed E-state index contributed by atoms with van der Waals surface area (Å²) < 4.78 is 0. The zero-order valence-corrected chi connectivity index (χ0v) is 6.53. The van der Waals surface area contributed by atoms with Crippen molar-refractivity contribution >= 4 is 0 Å². The fourth-order valence-corrected chi connectivity index (χ4v) is 1.56. The minimum Gasteiger partial charge on any atom is -0.396 e. The predicted molar refractivity (Wildman–Crippen MR) is 43.2 cm³/mol. The number of hydrogen-bond acceptors (Lipinski definition) is 3. The van der Waals surface area contributed by atoms with Gasteiger partial charge in [-0.25, -0.2) is 0 Å². The Morgan fingerprint density at radius 2 is 2.18 bits per heavy atom. The number of aliphatic hydroxyl groups excluding tert-OH is 2. The van der Waals surface area contributed by atoms with Crippen LogP contribution in [0.1, 0.15) is 6.42 Å². The Hall–Kier alpha value is -0.380. The molecule has 3 N–H and O–H groups in total. The van der Waals surface area contributed by atoms with Crippen molar-refractivity contribution in [2.24, 2.45) is 5.92 Å². The summed E-state index contributed by atoms with van der Waals surface area (Å²) in [6, 6.07) is 0.298. The second-order valence-electron chi connectivity index (χ2n) is 2.99. The van der Waals surface area contributed by atoms with Gasteiger partial charge >= 0.3 is 0 Å². The Bertz CT molecular complexity index is 138. The first-order chi connectivity index (χ1) is 5.31. The van der Waals surface area contributed by atoms with E-state index in [1.807, 2.05) is 0 Å². The summed E-state index contributed by atoms with van der Waals surface area (Å²) in [4.78, 5) is 0. The molecule has 0 spiro atoms. The average Bonchev–Trinajstić information content (AvgIpc) is 2.46. The van der Waals surface area contributed by atoms with Crippen LogP contribution in [0.3, 0.4) is 0 Å². The molecule has 3 heteroatoms. The van der Waals surface area contributed by atoms with Crippen molar-refractivity contribution in [1.29, 1.82) is 0 Å². The first kappa shape index (κ1) is 8.71. The lowest BCUT2D eigenvalue weighted by Crippen LogP contribution is -2.32. The summed E-state index contributed by atoms with van der Waals surface area (Å²) in [5.41, 5.74) is 0. The highest BCUT2D eigenvalue weighted by Crippen LogP contribution is 2.20. The van der Waals surface area contributed by atoms with Crippen molar-refractivity contribution in [2.45, 2.75) is 18.5 Å². The van der Waals surface area contributed by atoms with Gasteiger partial charge in [0.2, 0.25) is 0 Å². The van der Waals surface area contributed by atoms with Crippen molar-refractivity contribution < 1.29 is 10.2 Å². The monoisotopic (exact) mass is 157 g/mol. The van der Waals surface area contributed by atoms with Crippen LogP contribution in [0.25, 0.3) is 0 Å². The maximum absolute atomic E-state index is 8.91. The molecule has 0 saturated carbocycles. The molecule has 1 heterocycles. The summed E-state index contributed by atoms with van der Waals surface area (Å²) in [5.74, 6) is 0.227. The molecule has 0 bridgehead atoms. The van der Waals surface area contributed by atoms with Gasteiger partial charge in [0, 0.05) is 24.6 Å². The molecule has 0 radical (unpaired) electrons. The van der Waals surface area contributed by atoms with E-state index in [-0.39, 0.29) is 31.2 Å². The van der Waals surface area contributed by atoms with Gasteiger partial charge in [-0.15, -0.1) is 6.58 Å². The molecule has 64 valence electrons. The number of nitrogens with one attached hydrogen (secondary N) is 1. The highest BCUT2D eigenvalue weighted by atomic mass is 16.3. The Morgan fingerprint density at radius 1 is 1.45 bits per heavy atom. The van der Waals surface area contributed by atoms with Gasteiger partial charge in [0.1, 0.15) is 0 Å². The van der Waals surface area contributed by atoms with Crippen molar-refractivity contribution in [3.63, 3.8) is 0 Å². The van der Waals surface area contributed by atoms with Gasteiger partial charge in [-0.2, -0.15) is 0 Å². The first-order valence-corrected chi connectivity index (χ1v) is 3.92. The van der Waals surface area contributed by atoms with Crippen LogP contribution in [0.5, 0.6) is 0 Å². The molecule has 3 nitrogen and oxygen atoms in total. The standard InChI is InChI=1S/C8H15NO2/c1-2-8-6(4-10)3-7(5-11)9-8/h2,6-11H,1,3-5H2. The number of hydrogen-bond donors (Lipinski definition) is 3. The van der Waals surface area contributed by atoms with Crippen molar-refractivity contribution in [1.82, 2.24) is 5.32 Å². The number of rotatable bonds is 3. The van der Waals surface area contributed by atoms with Crippen LogP contribution in [-0.2, 0) is 0 Å². The van der Waals surface area contributed by atoms with Crippen LogP contribution in [-0.4, -0.2) is 35.5 Å². The third-order valence-electron chi connectivity index (χ3n) is 2.23. The molecular weight excluding hydrogens is 142 g/mol. The molecular formula is C8H15NO2. The average molecular weight is 157 g/mol. The molecule has 3 unspecified atom stereocenters. The molecule has 3 atom stereocenters. The van der Waals surface area contributed by atoms with E-state index in [1.54, 1.807) is 6.08 Å². The summed E-state index contributed by atoms with van der Waals surface area (Å²) in [6.45, 7) is 3.96. The summed E-state index contributed by atoms with van der Waals surface area (Å²) in [5, 5.41) is 20.9. The van der Waals surface area contributed by atoms with Gasteiger partial charge in [0.15, 0.2) is 0 Å². The summed E-state index contributed by atoms with van der Waals surface area (Å²) in [7, 11) is 0. The Balaban J connectivity index is 2.47. The van der Waals surface area contributed by atoms with Gasteiger partial charge in [-0.1, -0.05) is 6.08 Å². The maximum Gasteiger partial charge on any atom is 0.0584 e. The molecule has 0 aliphatic carbocycles. The molecule has 1 aliphatic heterocycles. The second kappa shape index (κ2) is 3.85. The van der Waals surface area contributed by atoms with E-state index in [1.165, 1.54) is 0 Å². The van der Waals surface area contributed by atoms with Gasteiger partial charge in [-0.05, 0) is 6.42 Å². The zero-order chi connectivity index (χ0) is 8.27. The lowest BCUT2D eigenvalue weighted by atomic mass is 10.0. The molecule has 1 aliphatic rings. The topological polar surface area (TPSA) is 52.5 Å². The molecule has 1 saturated heterocycles. The SMILES string of the molecule is C=CC1NC(CO)CC1CO. The van der Waals surface area contributed by atoms with Crippen molar-refractivity contribution in [2.75, 3.05) is 13.2 Å². The largest absolute Gasteiger partial charge is 0.396 e. The molecule has 0 aromatic rings. The van der Waals surface area contributed by atoms with Crippen molar-refractivity contribution in [3.05, 3.63) is 12.7 Å². The highest BCUT2D eigenvalue weighted by molar-refractivity contribution is 4.99. The fourth-order valence-electron chi connectivity index (χ4n) is 1.56. The van der Waals surface area contributed by atoms with E-state index >= 15 is 0 Å². The quantitative estimate of drug-likeness (QED) is 0.484. The Labute approximate surface area is 66.7 Å². The Morgan fingerprint density at radius 3 is 2.55 bits per heavy atom. The van der Waals surface area contributed by atoms with Gasteiger partial charge in [-0.3, -0.25) is 0 Å². The lowest BCUT2D eigenvalue weighted by Gasteiger charge is -2.11. The molecule has 0 amide bonds. The molecule has 11 heavy (non-hydrogen) atoms. The van der Waals surface area contributed by atoms with Crippen LogP contribution in [0.4, 0.5) is 0 Å². The van der Waals surface area contributed by atoms with Crippen LogP contribution in [0.2, 0.25) is 0 Å².